The van der Waals surface area contributed by atoms with Crippen LogP contribution in [0, 0.1) is 13.8 Å². The molecule has 1 aromatic heterocycles. The van der Waals surface area contributed by atoms with Gasteiger partial charge in [-0.15, -0.1) is 0 Å². The van der Waals surface area contributed by atoms with Gasteiger partial charge >= 0.3 is 0 Å². The van der Waals surface area contributed by atoms with E-state index in [0.29, 0.717) is 17.6 Å². The zero-order valence-corrected chi connectivity index (χ0v) is 6.50. The molecule has 2 N–H and O–H groups in total. The second-order valence-corrected chi connectivity index (χ2v) is 2.09. The molecule has 0 aromatic carbocycles. The van der Waals surface area contributed by atoms with Crippen molar-refractivity contribution >= 4 is 5.95 Å². The molecular weight excluding hydrogens is 144 g/mol. The molecule has 0 aliphatic carbocycles. The van der Waals surface area contributed by atoms with E-state index in [-0.39, 0.29) is 6.73 Å². The van der Waals surface area contributed by atoms with Crippen molar-refractivity contribution in [2.75, 3.05) is 12.0 Å². The van der Waals surface area contributed by atoms with E-state index < -0.39 is 0 Å². The summed E-state index contributed by atoms with van der Waals surface area (Å²) in [6, 6.07) is 0. The van der Waals surface area contributed by atoms with Gasteiger partial charge in [0.2, 0.25) is 5.95 Å². The molecule has 0 radical (unpaired) electrons. The van der Waals surface area contributed by atoms with E-state index in [2.05, 4.69) is 20.3 Å². The van der Waals surface area contributed by atoms with E-state index in [1.54, 1.807) is 13.8 Å². The van der Waals surface area contributed by atoms with Crippen LogP contribution in [-0.4, -0.2) is 26.8 Å². The molecule has 1 rings (SSSR count). The smallest absolute Gasteiger partial charge is 0.227 e. The topological polar surface area (TPSA) is 70.9 Å². The molecule has 0 aliphatic rings. The average Bonchev–Trinajstić information content (AvgIpc) is 1.85. The van der Waals surface area contributed by atoms with Gasteiger partial charge in [0.1, 0.15) is 18.4 Å². The molecule has 1 aromatic rings. The van der Waals surface area contributed by atoms with Crippen LogP contribution in [0.15, 0.2) is 0 Å². The van der Waals surface area contributed by atoms with Crippen molar-refractivity contribution in [1.82, 2.24) is 15.0 Å². The van der Waals surface area contributed by atoms with Gasteiger partial charge in [-0.2, -0.15) is 9.97 Å². The molecule has 11 heavy (non-hydrogen) atoms. The highest BCUT2D eigenvalue weighted by Gasteiger charge is 1.97. The Labute approximate surface area is 64.5 Å². The number of aliphatic hydroxyl groups excluding tert-OH is 1. The van der Waals surface area contributed by atoms with Crippen molar-refractivity contribution in [2.24, 2.45) is 0 Å². The Kier molecular flexibility index (Phi) is 2.32. The summed E-state index contributed by atoms with van der Waals surface area (Å²) < 4.78 is 0. The van der Waals surface area contributed by atoms with Crippen LogP contribution in [0.1, 0.15) is 11.6 Å². The molecule has 0 spiro atoms. The number of aromatic nitrogens is 3. The minimum Gasteiger partial charge on any atom is -0.376 e. The van der Waals surface area contributed by atoms with Crippen LogP contribution in [0.25, 0.3) is 0 Å². The van der Waals surface area contributed by atoms with Crippen molar-refractivity contribution < 1.29 is 5.11 Å². The van der Waals surface area contributed by atoms with Gasteiger partial charge in [0.25, 0.3) is 0 Å². The van der Waals surface area contributed by atoms with E-state index >= 15 is 0 Å². The van der Waals surface area contributed by atoms with Crippen molar-refractivity contribution in [1.29, 1.82) is 0 Å². The largest absolute Gasteiger partial charge is 0.376 e. The van der Waals surface area contributed by atoms with Gasteiger partial charge in [-0.1, -0.05) is 0 Å². The molecule has 0 fully saturated rings. The van der Waals surface area contributed by atoms with Gasteiger partial charge in [0, 0.05) is 0 Å². The van der Waals surface area contributed by atoms with Gasteiger partial charge in [0.05, 0.1) is 0 Å². The molecule has 60 valence electrons. The Morgan fingerprint density at radius 3 is 2.18 bits per heavy atom. The summed E-state index contributed by atoms with van der Waals surface area (Å²) in [5.41, 5.74) is 0. The molecule has 5 heteroatoms. The molecule has 0 atom stereocenters. The summed E-state index contributed by atoms with van der Waals surface area (Å²) in [4.78, 5) is 11.8. The van der Waals surface area contributed by atoms with Crippen molar-refractivity contribution in [3.05, 3.63) is 11.6 Å². The lowest BCUT2D eigenvalue weighted by Crippen LogP contribution is -2.07. The second-order valence-electron chi connectivity index (χ2n) is 2.09. The van der Waals surface area contributed by atoms with Gasteiger partial charge in [-0.3, -0.25) is 0 Å². The third-order valence-corrected chi connectivity index (χ3v) is 1.10. The molecular formula is C6H10N4O. The summed E-state index contributed by atoms with van der Waals surface area (Å²) in [6.07, 6.45) is 0. The van der Waals surface area contributed by atoms with Crippen LogP contribution in [0.4, 0.5) is 5.95 Å². The van der Waals surface area contributed by atoms with Crippen LogP contribution in [0.2, 0.25) is 0 Å². The number of anilines is 1. The zero-order valence-electron chi connectivity index (χ0n) is 6.50. The second kappa shape index (κ2) is 3.25. The summed E-state index contributed by atoms with van der Waals surface area (Å²) in [7, 11) is 0. The van der Waals surface area contributed by atoms with Crippen LogP contribution < -0.4 is 5.32 Å². The lowest BCUT2D eigenvalue weighted by atomic mass is 10.6. The van der Waals surface area contributed by atoms with E-state index in [4.69, 9.17) is 5.11 Å². The van der Waals surface area contributed by atoms with Crippen LogP contribution >= 0.6 is 0 Å². The van der Waals surface area contributed by atoms with Gasteiger partial charge in [-0.25, -0.2) is 4.98 Å². The van der Waals surface area contributed by atoms with E-state index in [0.717, 1.165) is 0 Å². The van der Waals surface area contributed by atoms with E-state index in [1.807, 2.05) is 0 Å². The highest BCUT2D eigenvalue weighted by Crippen LogP contribution is 1.97. The number of hydrogen-bond acceptors (Lipinski definition) is 5. The summed E-state index contributed by atoms with van der Waals surface area (Å²) in [6.45, 7) is 3.39. The molecule has 0 saturated heterocycles. The minimum atomic E-state index is -0.164. The SMILES string of the molecule is Cc1nc(C)nc(NCO)n1. The first-order valence-corrected chi connectivity index (χ1v) is 3.26. The Balaban J connectivity index is 2.89. The Morgan fingerprint density at radius 1 is 1.18 bits per heavy atom. The van der Waals surface area contributed by atoms with Gasteiger partial charge in [0.15, 0.2) is 0 Å². The first-order valence-electron chi connectivity index (χ1n) is 3.26. The molecule has 0 saturated carbocycles. The first kappa shape index (κ1) is 7.87. The molecule has 0 amide bonds. The van der Waals surface area contributed by atoms with Crippen molar-refractivity contribution in [3.63, 3.8) is 0 Å². The van der Waals surface area contributed by atoms with Crippen molar-refractivity contribution in [2.45, 2.75) is 13.8 Å². The molecule has 1 heterocycles. The molecule has 0 bridgehead atoms. The maximum atomic E-state index is 8.49. The number of rotatable bonds is 2. The maximum Gasteiger partial charge on any atom is 0.227 e. The molecule has 0 aliphatic heterocycles. The fourth-order valence-corrected chi connectivity index (χ4v) is 0.765. The lowest BCUT2D eigenvalue weighted by Gasteiger charge is -2.01. The molecule has 5 nitrogen and oxygen atoms in total. The summed E-state index contributed by atoms with van der Waals surface area (Å²) in [5, 5.41) is 11.1. The Morgan fingerprint density at radius 2 is 1.73 bits per heavy atom. The average molecular weight is 154 g/mol. The molecule has 0 unspecified atom stereocenters. The zero-order chi connectivity index (χ0) is 8.27. The monoisotopic (exact) mass is 154 g/mol. The third kappa shape index (κ3) is 2.12. The van der Waals surface area contributed by atoms with Gasteiger partial charge in [-0.05, 0) is 13.8 Å². The number of nitrogens with one attached hydrogen (secondary N) is 1. The predicted octanol–water partition coefficient (Wildman–Crippen LogP) is -0.150. The van der Waals surface area contributed by atoms with Crippen LogP contribution in [0.5, 0.6) is 0 Å². The van der Waals surface area contributed by atoms with Crippen LogP contribution in [0.3, 0.4) is 0 Å². The number of aryl methyl sites for hydroxylation is 2. The summed E-state index contributed by atoms with van der Waals surface area (Å²) in [5.74, 6) is 1.71. The fraction of sp³-hybridized carbons (Fsp3) is 0.500. The number of nitrogens with zero attached hydrogens (tertiary/aromatic N) is 3. The van der Waals surface area contributed by atoms with Crippen molar-refractivity contribution in [3.8, 4) is 0 Å². The van der Waals surface area contributed by atoms with Gasteiger partial charge < -0.3 is 10.4 Å². The van der Waals surface area contributed by atoms with E-state index in [1.165, 1.54) is 0 Å². The Hall–Kier alpha value is -1.23. The minimum absolute atomic E-state index is 0.164. The highest BCUT2D eigenvalue weighted by atomic mass is 16.3. The maximum absolute atomic E-state index is 8.49. The van der Waals surface area contributed by atoms with Crippen LogP contribution in [-0.2, 0) is 0 Å². The number of hydrogen-bond donors (Lipinski definition) is 2. The Bertz CT molecular complexity index is 230. The lowest BCUT2D eigenvalue weighted by molar-refractivity contribution is 0.324. The van der Waals surface area contributed by atoms with E-state index in [9.17, 15) is 0 Å². The predicted molar refractivity (Wildman–Crippen MR) is 40.0 cm³/mol. The third-order valence-electron chi connectivity index (χ3n) is 1.10. The first-order chi connectivity index (χ1) is 5.22. The normalized spacial score (nSPS) is 9.73. The fourth-order valence-electron chi connectivity index (χ4n) is 0.765. The number of aliphatic hydroxyl groups is 1. The summed E-state index contributed by atoms with van der Waals surface area (Å²) >= 11 is 0. The quantitative estimate of drug-likeness (QED) is 0.580. The highest BCUT2D eigenvalue weighted by molar-refractivity contribution is 5.22. The standard InChI is InChI=1S/C6H10N4O/c1-4-8-5(2)10-6(9-4)7-3-11/h11H,3H2,1-2H3,(H,7,8,9,10).